The van der Waals surface area contributed by atoms with Crippen molar-refractivity contribution in [3.63, 3.8) is 0 Å². The fraction of sp³-hybridized carbons (Fsp3) is 0.647. The van der Waals surface area contributed by atoms with Gasteiger partial charge in [0.15, 0.2) is 0 Å². The Hall–Kier alpha value is -0.930. The average Bonchev–Trinajstić information content (AvgIpc) is 2.54. The molecule has 0 bridgehead atoms. The van der Waals surface area contributed by atoms with Crippen LogP contribution in [-0.4, -0.2) is 38.3 Å². The molecule has 0 spiro atoms. The summed E-state index contributed by atoms with van der Waals surface area (Å²) in [5.74, 6) is 1.66. The molecule has 1 saturated heterocycles. The van der Waals surface area contributed by atoms with Crippen molar-refractivity contribution in [1.29, 1.82) is 0 Å². The molecule has 0 saturated carbocycles. The molecule has 1 fully saturated rings. The van der Waals surface area contributed by atoms with Crippen LogP contribution in [0.2, 0.25) is 0 Å². The molecule has 2 atom stereocenters. The van der Waals surface area contributed by atoms with Crippen LogP contribution in [0.5, 0.6) is 11.5 Å². The highest BCUT2D eigenvalue weighted by Crippen LogP contribution is 2.34. The summed E-state index contributed by atoms with van der Waals surface area (Å²) in [5, 5.41) is -0.0813. The van der Waals surface area contributed by atoms with Crippen LogP contribution in [0.1, 0.15) is 43.5 Å². The van der Waals surface area contributed by atoms with Crippen molar-refractivity contribution >= 4 is 11.6 Å². The number of alkyl halides is 1. The molecule has 0 radical (unpaired) electrons. The number of likely N-dealkylation sites (tertiary alicyclic amines) is 1. The van der Waals surface area contributed by atoms with E-state index in [1.807, 2.05) is 18.2 Å². The lowest BCUT2D eigenvalue weighted by molar-refractivity contribution is 0.144. The molecule has 1 aromatic carbocycles. The molecule has 0 aromatic heterocycles. The molecule has 3 nitrogen and oxygen atoms in total. The Morgan fingerprint density at radius 2 is 2.10 bits per heavy atom. The van der Waals surface area contributed by atoms with E-state index < -0.39 is 0 Å². The molecule has 1 aliphatic rings. The van der Waals surface area contributed by atoms with Gasteiger partial charge in [-0.1, -0.05) is 13.3 Å². The lowest BCUT2D eigenvalue weighted by Gasteiger charge is -2.36. The zero-order valence-corrected chi connectivity index (χ0v) is 14.0. The van der Waals surface area contributed by atoms with Crippen LogP contribution in [0.25, 0.3) is 0 Å². The van der Waals surface area contributed by atoms with Crippen molar-refractivity contribution in [2.75, 3.05) is 27.3 Å². The Morgan fingerprint density at radius 1 is 1.29 bits per heavy atom. The van der Waals surface area contributed by atoms with E-state index in [0.29, 0.717) is 6.04 Å². The second kappa shape index (κ2) is 7.90. The fourth-order valence-electron chi connectivity index (χ4n) is 3.15. The number of methoxy groups -OCH3 is 2. The van der Waals surface area contributed by atoms with Gasteiger partial charge in [0.1, 0.15) is 11.5 Å². The number of halogens is 1. The molecule has 2 rings (SSSR count). The first-order valence-electron chi connectivity index (χ1n) is 7.79. The van der Waals surface area contributed by atoms with E-state index in [-0.39, 0.29) is 5.38 Å². The first-order chi connectivity index (χ1) is 10.2. The quantitative estimate of drug-likeness (QED) is 0.733. The summed E-state index contributed by atoms with van der Waals surface area (Å²) in [7, 11) is 3.36. The molecule has 1 aromatic rings. The number of hydrogen-bond donors (Lipinski definition) is 0. The van der Waals surface area contributed by atoms with Gasteiger partial charge in [0.05, 0.1) is 19.6 Å². The Morgan fingerprint density at radius 3 is 2.76 bits per heavy atom. The maximum Gasteiger partial charge on any atom is 0.123 e. The predicted molar refractivity (Wildman–Crippen MR) is 87.6 cm³/mol. The van der Waals surface area contributed by atoms with Crippen LogP contribution in [0.15, 0.2) is 18.2 Å². The molecular weight excluding hydrogens is 286 g/mol. The van der Waals surface area contributed by atoms with Gasteiger partial charge in [0.25, 0.3) is 0 Å². The SMILES string of the molecule is CCC1CCCCN1CC(Cl)c1cc(OC)ccc1OC. The zero-order chi connectivity index (χ0) is 15.2. The Balaban J connectivity index is 2.13. The minimum absolute atomic E-state index is 0.0813. The lowest BCUT2D eigenvalue weighted by Crippen LogP contribution is -2.40. The minimum atomic E-state index is -0.0813. The Kier molecular flexibility index (Phi) is 6.19. The van der Waals surface area contributed by atoms with Crippen LogP contribution in [0.3, 0.4) is 0 Å². The third-order valence-corrected chi connectivity index (χ3v) is 4.76. The summed E-state index contributed by atoms with van der Waals surface area (Å²) in [5.41, 5.74) is 1.01. The van der Waals surface area contributed by atoms with Crippen molar-refractivity contribution in [2.45, 2.75) is 44.0 Å². The minimum Gasteiger partial charge on any atom is -0.497 e. The smallest absolute Gasteiger partial charge is 0.123 e. The summed E-state index contributed by atoms with van der Waals surface area (Å²) in [4.78, 5) is 2.53. The van der Waals surface area contributed by atoms with Gasteiger partial charge in [0, 0.05) is 18.2 Å². The number of nitrogens with zero attached hydrogens (tertiary/aromatic N) is 1. The third-order valence-electron chi connectivity index (χ3n) is 4.39. The maximum atomic E-state index is 6.70. The molecule has 0 aliphatic carbocycles. The molecule has 1 heterocycles. The highest BCUT2D eigenvalue weighted by molar-refractivity contribution is 6.21. The van der Waals surface area contributed by atoms with Crippen LogP contribution in [0.4, 0.5) is 0 Å². The van der Waals surface area contributed by atoms with E-state index in [0.717, 1.165) is 30.2 Å². The van der Waals surface area contributed by atoms with E-state index in [9.17, 15) is 0 Å². The van der Waals surface area contributed by atoms with Gasteiger partial charge in [-0.25, -0.2) is 0 Å². The van der Waals surface area contributed by atoms with Gasteiger partial charge < -0.3 is 9.47 Å². The van der Waals surface area contributed by atoms with Crippen LogP contribution < -0.4 is 9.47 Å². The van der Waals surface area contributed by atoms with Crippen molar-refractivity contribution < 1.29 is 9.47 Å². The molecule has 21 heavy (non-hydrogen) atoms. The molecule has 118 valence electrons. The van der Waals surface area contributed by atoms with E-state index in [2.05, 4.69) is 11.8 Å². The van der Waals surface area contributed by atoms with Crippen molar-refractivity contribution in [1.82, 2.24) is 4.90 Å². The third kappa shape index (κ3) is 4.04. The van der Waals surface area contributed by atoms with E-state index in [1.54, 1.807) is 14.2 Å². The second-order valence-corrected chi connectivity index (χ2v) is 6.16. The van der Waals surface area contributed by atoms with Crippen molar-refractivity contribution in [3.8, 4) is 11.5 Å². The van der Waals surface area contributed by atoms with Gasteiger partial charge in [-0.2, -0.15) is 0 Å². The summed E-state index contributed by atoms with van der Waals surface area (Å²) in [6.07, 6.45) is 5.09. The van der Waals surface area contributed by atoms with Gasteiger partial charge in [-0.15, -0.1) is 11.6 Å². The standard InChI is InChI=1S/C17H26ClNO2/c1-4-13-7-5-6-10-19(13)12-16(18)15-11-14(20-2)8-9-17(15)21-3/h8-9,11,13,16H,4-7,10,12H2,1-3H3. The molecule has 1 aliphatic heterocycles. The maximum absolute atomic E-state index is 6.70. The predicted octanol–water partition coefficient (Wildman–Crippen LogP) is 4.25. The Bertz CT molecular complexity index is 452. The van der Waals surface area contributed by atoms with E-state index in [4.69, 9.17) is 21.1 Å². The van der Waals surface area contributed by atoms with Gasteiger partial charge in [-0.05, 0) is 44.0 Å². The number of piperidine rings is 1. The van der Waals surface area contributed by atoms with Crippen LogP contribution in [-0.2, 0) is 0 Å². The van der Waals surface area contributed by atoms with Gasteiger partial charge >= 0.3 is 0 Å². The van der Waals surface area contributed by atoms with Crippen LogP contribution >= 0.6 is 11.6 Å². The fourth-order valence-corrected chi connectivity index (χ4v) is 3.50. The largest absolute Gasteiger partial charge is 0.497 e. The Labute approximate surface area is 133 Å². The molecule has 2 unspecified atom stereocenters. The summed E-state index contributed by atoms with van der Waals surface area (Å²) in [6.45, 7) is 4.27. The van der Waals surface area contributed by atoms with Gasteiger partial charge in [0.2, 0.25) is 0 Å². The molecule has 0 N–H and O–H groups in total. The second-order valence-electron chi connectivity index (χ2n) is 5.63. The first kappa shape index (κ1) is 16.4. The molecular formula is C17H26ClNO2. The van der Waals surface area contributed by atoms with E-state index in [1.165, 1.54) is 25.7 Å². The summed E-state index contributed by atoms with van der Waals surface area (Å²) >= 11 is 6.70. The molecule has 0 amide bonds. The van der Waals surface area contributed by atoms with Crippen molar-refractivity contribution in [2.24, 2.45) is 0 Å². The van der Waals surface area contributed by atoms with Gasteiger partial charge in [-0.3, -0.25) is 4.90 Å². The molecule has 4 heteroatoms. The number of rotatable bonds is 6. The summed E-state index contributed by atoms with van der Waals surface area (Å²) < 4.78 is 10.8. The average molecular weight is 312 g/mol. The normalized spacial score (nSPS) is 21.0. The summed E-state index contributed by atoms with van der Waals surface area (Å²) in [6, 6.07) is 6.48. The highest BCUT2D eigenvalue weighted by Gasteiger charge is 2.25. The monoisotopic (exact) mass is 311 g/mol. The number of hydrogen-bond acceptors (Lipinski definition) is 3. The number of ether oxygens (including phenoxy) is 2. The zero-order valence-electron chi connectivity index (χ0n) is 13.3. The van der Waals surface area contributed by atoms with E-state index >= 15 is 0 Å². The van der Waals surface area contributed by atoms with Crippen LogP contribution in [0, 0.1) is 0 Å². The number of benzene rings is 1. The topological polar surface area (TPSA) is 21.7 Å². The lowest BCUT2D eigenvalue weighted by atomic mass is 9.99. The first-order valence-corrected chi connectivity index (χ1v) is 8.23. The highest BCUT2D eigenvalue weighted by atomic mass is 35.5. The van der Waals surface area contributed by atoms with Crippen molar-refractivity contribution in [3.05, 3.63) is 23.8 Å².